The van der Waals surface area contributed by atoms with E-state index in [1.54, 1.807) is 7.11 Å². The zero-order valence-electron chi connectivity index (χ0n) is 14.7. The average Bonchev–Trinajstić information content (AvgIpc) is 3.27. The highest BCUT2D eigenvalue weighted by Gasteiger charge is 2.82. The Morgan fingerprint density at radius 3 is 2.23 bits per heavy atom. The van der Waals surface area contributed by atoms with Gasteiger partial charge in [0.25, 0.3) is 0 Å². The Hall–Kier alpha value is -1.66. The molecule has 26 heavy (non-hydrogen) atoms. The van der Waals surface area contributed by atoms with Gasteiger partial charge in [0.15, 0.2) is 0 Å². The Balaban J connectivity index is 2.03. The van der Waals surface area contributed by atoms with Crippen LogP contribution in [0.3, 0.4) is 0 Å². The fraction of sp³-hybridized carbons (Fsp3) is 0.500. The maximum Gasteiger partial charge on any atom is 0.229 e. The predicted octanol–water partition coefficient (Wildman–Crippen LogP) is 2.28. The van der Waals surface area contributed by atoms with Crippen LogP contribution in [0.2, 0.25) is 0 Å². The van der Waals surface area contributed by atoms with Gasteiger partial charge in [-0.15, -0.1) is 0 Å². The fourth-order valence-corrected chi connectivity index (χ4v) is 6.33. The maximum atomic E-state index is 13.1. The first kappa shape index (κ1) is 17.7. The van der Waals surface area contributed by atoms with Crippen molar-refractivity contribution in [2.75, 3.05) is 13.7 Å². The summed E-state index contributed by atoms with van der Waals surface area (Å²) in [6.45, 7) is 0.349. The minimum atomic E-state index is -1.14. The number of amides is 2. The first-order chi connectivity index (χ1) is 12.4. The number of primary amides is 2. The van der Waals surface area contributed by atoms with Crippen LogP contribution in [0.1, 0.15) is 24.8 Å². The number of carbonyl (C=O) groups excluding carboxylic acids is 2. The Labute approximate surface area is 161 Å². The summed E-state index contributed by atoms with van der Waals surface area (Å²) in [6, 6.07) is 7.56. The number of carbonyl (C=O) groups is 2. The van der Waals surface area contributed by atoms with E-state index in [9.17, 15) is 9.59 Å². The summed E-state index contributed by atoms with van der Waals surface area (Å²) in [5.74, 6) is -1.12. The molecule has 0 radical (unpaired) electrons. The van der Waals surface area contributed by atoms with E-state index in [-0.39, 0.29) is 17.3 Å². The topological polar surface area (TPSA) is 95.4 Å². The third kappa shape index (κ3) is 1.84. The highest BCUT2D eigenvalue weighted by molar-refractivity contribution is 9.10. The Morgan fingerprint density at radius 2 is 1.73 bits per heavy atom. The van der Waals surface area contributed by atoms with E-state index < -0.39 is 22.6 Å². The van der Waals surface area contributed by atoms with E-state index in [4.69, 9.17) is 16.2 Å². The summed E-state index contributed by atoms with van der Waals surface area (Å²) in [6.07, 6.45) is 6.55. The number of nitrogens with two attached hydrogens (primary N) is 2. The Morgan fingerprint density at radius 1 is 1.12 bits per heavy atom. The van der Waals surface area contributed by atoms with Crippen molar-refractivity contribution in [1.82, 2.24) is 0 Å². The highest BCUT2D eigenvalue weighted by Crippen LogP contribution is 2.80. The lowest BCUT2D eigenvalue weighted by atomic mass is 9.52. The smallest absolute Gasteiger partial charge is 0.229 e. The molecule has 1 aromatic carbocycles. The summed E-state index contributed by atoms with van der Waals surface area (Å²) in [7, 11) is 1.59. The number of hydrogen-bond donors (Lipinski definition) is 2. The molecular weight excluding hydrogens is 396 g/mol. The van der Waals surface area contributed by atoms with Crippen molar-refractivity contribution in [2.24, 2.45) is 34.1 Å². The second-order valence-corrected chi connectivity index (χ2v) is 8.75. The zero-order chi connectivity index (χ0) is 18.7. The first-order valence-electron chi connectivity index (χ1n) is 8.91. The fourth-order valence-electron chi connectivity index (χ4n) is 6.07. The highest BCUT2D eigenvalue weighted by atomic mass is 79.9. The van der Waals surface area contributed by atoms with Crippen molar-refractivity contribution in [1.29, 1.82) is 0 Å². The van der Waals surface area contributed by atoms with Crippen molar-refractivity contribution < 1.29 is 14.3 Å². The van der Waals surface area contributed by atoms with Gasteiger partial charge in [-0.05, 0) is 48.3 Å². The quantitative estimate of drug-likeness (QED) is 0.693. The molecule has 3 aliphatic rings. The Kier molecular flexibility index (Phi) is 3.87. The maximum absolute atomic E-state index is 13.1. The Bertz CT molecular complexity index is 802. The molecule has 1 spiro atoms. The molecule has 2 fully saturated rings. The molecule has 138 valence electrons. The van der Waals surface area contributed by atoms with Crippen LogP contribution in [0.4, 0.5) is 0 Å². The van der Waals surface area contributed by atoms with Crippen LogP contribution in [-0.4, -0.2) is 25.5 Å². The molecule has 0 aliphatic heterocycles. The number of allylic oxidation sites excluding steroid dienone is 2. The molecule has 6 heteroatoms. The van der Waals surface area contributed by atoms with Gasteiger partial charge in [-0.25, -0.2) is 0 Å². The van der Waals surface area contributed by atoms with Crippen LogP contribution in [0.15, 0.2) is 40.9 Å². The van der Waals surface area contributed by atoms with Crippen molar-refractivity contribution in [3.8, 4) is 0 Å². The second-order valence-electron chi connectivity index (χ2n) is 7.83. The molecule has 4 N–H and O–H groups in total. The van der Waals surface area contributed by atoms with Crippen molar-refractivity contribution in [3.63, 3.8) is 0 Å². The van der Waals surface area contributed by atoms with Gasteiger partial charge in [0, 0.05) is 24.1 Å². The number of hydrogen-bond acceptors (Lipinski definition) is 3. The molecule has 2 amide bonds. The summed E-state index contributed by atoms with van der Waals surface area (Å²) >= 11 is 3.44. The lowest BCUT2D eigenvalue weighted by Crippen LogP contribution is -2.62. The summed E-state index contributed by atoms with van der Waals surface area (Å²) in [5, 5.41) is 0. The third-order valence-electron chi connectivity index (χ3n) is 7.09. The summed E-state index contributed by atoms with van der Waals surface area (Å²) < 4.78 is 6.22. The standard InChI is InChI=1S/C20H23BrN2O3/c1-26-11-10-19(16(22)24)14-6-7-15(18(14)8-9-18)20(19,17(23)25)12-2-4-13(21)5-3-12/h2-7,14-15H,8-11H2,1H3,(H2,22,24)(H2,23,25)/t14-,15+,19+,20-/m1/s1. The van der Waals surface area contributed by atoms with E-state index in [1.807, 2.05) is 24.3 Å². The number of ether oxygens (including phenoxy) is 1. The molecule has 5 nitrogen and oxygen atoms in total. The minimum Gasteiger partial charge on any atom is -0.385 e. The molecule has 0 aromatic heterocycles. The van der Waals surface area contributed by atoms with Crippen molar-refractivity contribution in [2.45, 2.75) is 24.7 Å². The van der Waals surface area contributed by atoms with Gasteiger partial charge in [0.05, 0.1) is 10.8 Å². The number of methoxy groups -OCH3 is 1. The lowest BCUT2D eigenvalue weighted by molar-refractivity contribution is -0.144. The van der Waals surface area contributed by atoms with Crippen LogP contribution in [0.25, 0.3) is 0 Å². The number of halogens is 1. The SMILES string of the molecule is COCC[C@@]1(C(N)=O)[C@@H]2C=C[C@@H](C23CC3)[C@@]1(C(N)=O)c1ccc(Br)cc1. The van der Waals surface area contributed by atoms with Crippen LogP contribution in [0, 0.1) is 22.7 Å². The first-order valence-corrected chi connectivity index (χ1v) is 9.70. The van der Waals surface area contributed by atoms with Crippen molar-refractivity contribution in [3.05, 3.63) is 46.5 Å². The summed E-state index contributed by atoms with van der Waals surface area (Å²) in [4.78, 5) is 26.1. The van der Waals surface area contributed by atoms with Crippen LogP contribution in [0.5, 0.6) is 0 Å². The summed E-state index contributed by atoms with van der Waals surface area (Å²) in [5.41, 5.74) is 10.6. The van der Waals surface area contributed by atoms with Gasteiger partial charge in [-0.2, -0.15) is 0 Å². The van der Waals surface area contributed by atoms with E-state index in [1.165, 1.54) is 0 Å². The van der Waals surface area contributed by atoms with Gasteiger partial charge in [-0.3, -0.25) is 9.59 Å². The predicted molar refractivity (Wildman–Crippen MR) is 101 cm³/mol. The molecule has 3 aliphatic carbocycles. The molecule has 0 unspecified atom stereocenters. The van der Waals surface area contributed by atoms with Crippen LogP contribution in [-0.2, 0) is 19.7 Å². The molecule has 2 bridgehead atoms. The van der Waals surface area contributed by atoms with Gasteiger partial charge >= 0.3 is 0 Å². The van der Waals surface area contributed by atoms with E-state index in [2.05, 4.69) is 28.1 Å². The molecule has 1 aromatic rings. The number of benzene rings is 1. The largest absolute Gasteiger partial charge is 0.385 e. The third-order valence-corrected chi connectivity index (χ3v) is 7.62. The second kappa shape index (κ2) is 5.67. The van der Waals surface area contributed by atoms with Crippen molar-refractivity contribution >= 4 is 27.7 Å². The minimum absolute atomic E-state index is 0.0785. The molecule has 0 heterocycles. The van der Waals surface area contributed by atoms with Gasteiger partial charge < -0.3 is 16.2 Å². The lowest BCUT2D eigenvalue weighted by Gasteiger charge is -2.48. The van der Waals surface area contributed by atoms with E-state index in [0.717, 1.165) is 22.9 Å². The van der Waals surface area contributed by atoms with Gasteiger partial charge in [0.1, 0.15) is 0 Å². The average molecular weight is 419 g/mol. The number of rotatable bonds is 6. The van der Waals surface area contributed by atoms with E-state index in [0.29, 0.717) is 13.0 Å². The molecule has 0 saturated heterocycles. The zero-order valence-corrected chi connectivity index (χ0v) is 16.3. The van der Waals surface area contributed by atoms with Gasteiger partial charge in [0.2, 0.25) is 11.8 Å². The monoisotopic (exact) mass is 418 g/mol. The van der Waals surface area contributed by atoms with Crippen LogP contribution >= 0.6 is 15.9 Å². The molecular formula is C20H23BrN2O3. The van der Waals surface area contributed by atoms with Gasteiger partial charge in [-0.1, -0.05) is 40.2 Å². The molecule has 4 atom stereocenters. The molecule has 4 rings (SSSR count). The normalized spacial score (nSPS) is 35.8. The molecule has 2 saturated carbocycles. The van der Waals surface area contributed by atoms with E-state index >= 15 is 0 Å². The van der Waals surface area contributed by atoms with Crippen LogP contribution < -0.4 is 11.5 Å².